The van der Waals surface area contributed by atoms with Crippen LogP contribution < -0.4 is 20.2 Å². The van der Waals surface area contributed by atoms with Gasteiger partial charge in [0.15, 0.2) is 5.69 Å². The van der Waals surface area contributed by atoms with E-state index in [9.17, 15) is 14.0 Å². The second kappa shape index (κ2) is 8.34. The molecule has 2 aromatic carbocycles. The van der Waals surface area contributed by atoms with Crippen molar-refractivity contribution in [1.29, 1.82) is 0 Å². The number of benzene rings is 2. The smallest absolute Gasteiger partial charge is 0.280 e. The number of carbonyl (C=O) groups excluding carboxylic acids is 1. The molecule has 0 radical (unpaired) electrons. The number of aromatic nitrogens is 2. The minimum absolute atomic E-state index is 0.120. The highest BCUT2D eigenvalue weighted by Gasteiger charge is 2.17. The molecule has 1 aromatic heterocycles. The fourth-order valence-corrected chi connectivity index (χ4v) is 2.50. The van der Waals surface area contributed by atoms with Gasteiger partial charge in [0.1, 0.15) is 11.6 Å². The van der Waals surface area contributed by atoms with Crippen molar-refractivity contribution in [3.63, 3.8) is 0 Å². The van der Waals surface area contributed by atoms with E-state index in [1.165, 1.54) is 36.1 Å². The summed E-state index contributed by atoms with van der Waals surface area (Å²) in [7, 11) is 1.37. The molecule has 0 bridgehead atoms. The summed E-state index contributed by atoms with van der Waals surface area (Å²) in [5, 5.41) is 6.73. The number of halogens is 1. The molecule has 0 atom stereocenters. The summed E-state index contributed by atoms with van der Waals surface area (Å²) in [5.74, 6) is -0.305. The van der Waals surface area contributed by atoms with Gasteiger partial charge in [-0.05, 0) is 55.5 Å². The lowest BCUT2D eigenvalue weighted by atomic mass is 10.2. The van der Waals surface area contributed by atoms with Crippen molar-refractivity contribution in [3.8, 4) is 17.3 Å². The molecular formula is C20H18FN3O4. The molecule has 0 aliphatic carbocycles. The first-order valence-electron chi connectivity index (χ1n) is 8.50. The molecule has 1 N–H and O–H groups in total. The minimum Gasteiger partial charge on any atom is -0.494 e. The first kappa shape index (κ1) is 19.1. The molecule has 3 aromatic rings. The Bertz CT molecular complexity index is 1030. The molecule has 3 rings (SSSR count). The van der Waals surface area contributed by atoms with Crippen molar-refractivity contribution in [3.05, 3.63) is 76.3 Å². The molecule has 0 fully saturated rings. The summed E-state index contributed by atoms with van der Waals surface area (Å²) in [5.41, 5.74) is 0.00447. The van der Waals surface area contributed by atoms with E-state index in [-0.39, 0.29) is 11.6 Å². The standard InChI is InChI=1S/C20H18FN3O4/c1-3-28-16-10-6-14(7-11-16)22-20(26)19-17(25)12-18(27-2)24(23-19)15-8-4-13(21)5-9-15/h4-12H,3H2,1-2H3,(H,22,26). The largest absolute Gasteiger partial charge is 0.494 e. The third-order valence-corrected chi connectivity index (χ3v) is 3.82. The summed E-state index contributed by atoms with van der Waals surface area (Å²) in [4.78, 5) is 24.9. The lowest BCUT2D eigenvalue weighted by Gasteiger charge is -2.12. The molecule has 8 heteroatoms. The number of anilines is 1. The van der Waals surface area contributed by atoms with Crippen LogP contribution in [-0.2, 0) is 0 Å². The maximum absolute atomic E-state index is 13.2. The Morgan fingerprint density at radius 1 is 1.14 bits per heavy atom. The third kappa shape index (κ3) is 4.17. The van der Waals surface area contributed by atoms with Gasteiger partial charge in [-0.1, -0.05) is 0 Å². The zero-order chi connectivity index (χ0) is 20.1. The number of amides is 1. The minimum atomic E-state index is -0.673. The molecule has 0 saturated carbocycles. The highest BCUT2D eigenvalue weighted by Crippen LogP contribution is 2.18. The van der Waals surface area contributed by atoms with Crippen LogP contribution in [0, 0.1) is 5.82 Å². The van der Waals surface area contributed by atoms with Crippen molar-refractivity contribution in [2.24, 2.45) is 0 Å². The van der Waals surface area contributed by atoms with E-state index >= 15 is 0 Å². The average Bonchev–Trinajstić information content (AvgIpc) is 2.70. The van der Waals surface area contributed by atoms with Crippen molar-refractivity contribution < 1.29 is 18.7 Å². The Morgan fingerprint density at radius 2 is 1.82 bits per heavy atom. The SMILES string of the molecule is CCOc1ccc(NC(=O)c2nn(-c3ccc(F)cc3)c(OC)cc2=O)cc1. The van der Waals surface area contributed by atoms with Crippen LogP contribution in [0.3, 0.4) is 0 Å². The number of nitrogens with one attached hydrogen (secondary N) is 1. The average molecular weight is 383 g/mol. The highest BCUT2D eigenvalue weighted by atomic mass is 19.1. The molecule has 0 unspecified atom stereocenters. The van der Waals surface area contributed by atoms with Gasteiger partial charge in [0, 0.05) is 5.69 Å². The Balaban J connectivity index is 1.92. The van der Waals surface area contributed by atoms with E-state index in [4.69, 9.17) is 9.47 Å². The fourth-order valence-electron chi connectivity index (χ4n) is 2.50. The molecule has 0 spiro atoms. The van der Waals surface area contributed by atoms with Crippen LogP contribution in [-0.4, -0.2) is 29.4 Å². The number of carbonyl (C=O) groups is 1. The Hall–Kier alpha value is -3.68. The predicted molar refractivity (Wildman–Crippen MR) is 102 cm³/mol. The topological polar surface area (TPSA) is 82.4 Å². The van der Waals surface area contributed by atoms with Gasteiger partial charge in [0.05, 0.1) is 25.5 Å². The number of ether oxygens (including phenoxy) is 2. The third-order valence-electron chi connectivity index (χ3n) is 3.82. The zero-order valence-electron chi connectivity index (χ0n) is 15.3. The van der Waals surface area contributed by atoms with E-state index in [0.29, 0.717) is 23.7 Å². The monoisotopic (exact) mass is 383 g/mol. The van der Waals surface area contributed by atoms with Crippen molar-refractivity contribution in [1.82, 2.24) is 9.78 Å². The molecule has 144 valence electrons. The van der Waals surface area contributed by atoms with Gasteiger partial charge in [0.25, 0.3) is 5.91 Å². The van der Waals surface area contributed by atoms with Crippen LogP contribution in [0.1, 0.15) is 17.4 Å². The van der Waals surface area contributed by atoms with Crippen LogP contribution in [0.5, 0.6) is 11.6 Å². The summed E-state index contributed by atoms with van der Waals surface area (Å²) >= 11 is 0. The molecule has 0 saturated heterocycles. The Kier molecular flexibility index (Phi) is 5.69. The number of hydrogen-bond acceptors (Lipinski definition) is 5. The number of hydrogen-bond donors (Lipinski definition) is 1. The number of methoxy groups -OCH3 is 1. The van der Waals surface area contributed by atoms with E-state index < -0.39 is 17.2 Å². The molecular weight excluding hydrogens is 365 g/mol. The molecule has 0 aliphatic heterocycles. The number of rotatable bonds is 6. The molecule has 28 heavy (non-hydrogen) atoms. The highest BCUT2D eigenvalue weighted by molar-refractivity contribution is 6.02. The van der Waals surface area contributed by atoms with Crippen molar-refractivity contribution in [2.75, 3.05) is 19.0 Å². The van der Waals surface area contributed by atoms with E-state index in [0.717, 1.165) is 6.07 Å². The molecule has 7 nitrogen and oxygen atoms in total. The lowest BCUT2D eigenvalue weighted by molar-refractivity contribution is 0.101. The summed E-state index contributed by atoms with van der Waals surface area (Å²) in [6.45, 7) is 2.40. The molecule has 1 amide bonds. The first-order valence-corrected chi connectivity index (χ1v) is 8.50. The van der Waals surface area contributed by atoms with E-state index in [1.807, 2.05) is 6.92 Å². The second-order valence-electron chi connectivity index (χ2n) is 5.70. The zero-order valence-corrected chi connectivity index (χ0v) is 15.3. The fraction of sp³-hybridized carbons (Fsp3) is 0.150. The van der Waals surface area contributed by atoms with Gasteiger partial charge in [-0.3, -0.25) is 9.59 Å². The normalized spacial score (nSPS) is 10.4. The predicted octanol–water partition coefficient (Wildman–Crippen LogP) is 3.03. The number of nitrogens with zero attached hydrogens (tertiary/aromatic N) is 2. The van der Waals surface area contributed by atoms with Gasteiger partial charge in [-0.25, -0.2) is 9.07 Å². The summed E-state index contributed by atoms with van der Waals surface area (Å²) in [6.07, 6.45) is 0. The van der Waals surface area contributed by atoms with Gasteiger partial charge >= 0.3 is 0 Å². The maximum atomic E-state index is 13.2. The van der Waals surface area contributed by atoms with Gasteiger partial charge in [0.2, 0.25) is 11.3 Å². The van der Waals surface area contributed by atoms with Gasteiger partial charge in [-0.15, -0.1) is 0 Å². The van der Waals surface area contributed by atoms with Crippen molar-refractivity contribution >= 4 is 11.6 Å². The van der Waals surface area contributed by atoms with E-state index in [1.54, 1.807) is 24.3 Å². The maximum Gasteiger partial charge on any atom is 0.280 e. The summed E-state index contributed by atoms with van der Waals surface area (Å²) in [6, 6.07) is 13.3. The van der Waals surface area contributed by atoms with Crippen molar-refractivity contribution in [2.45, 2.75) is 6.92 Å². The second-order valence-corrected chi connectivity index (χ2v) is 5.70. The first-order chi connectivity index (χ1) is 13.5. The van der Waals surface area contributed by atoms with E-state index in [2.05, 4.69) is 10.4 Å². The van der Waals surface area contributed by atoms with Crippen LogP contribution in [0.25, 0.3) is 5.69 Å². The molecule has 0 aliphatic rings. The Morgan fingerprint density at radius 3 is 2.43 bits per heavy atom. The van der Waals surface area contributed by atoms with Crippen LogP contribution in [0.15, 0.2) is 59.4 Å². The summed E-state index contributed by atoms with van der Waals surface area (Å²) < 4.78 is 25.0. The van der Waals surface area contributed by atoms with Crippen LogP contribution >= 0.6 is 0 Å². The quantitative estimate of drug-likeness (QED) is 0.708. The van der Waals surface area contributed by atoms with Crippen LogP contribution in [0.4, 0.5) is 10.1 Å². The van der Waals surface area contributed by atoms with Gasteiger partial charge in [-0.2, -0.15) is 5.10 Å². The Labute approximate surface area is 160 Å². The van der Waals surface area contributed by atoms with Gasteiger partial charge < -0.3 is 14.8 Å². The molecule has 1 heterocycles. The lowest BCUT2D eigenvalue weighted by Crippen LogP contribution is -2.26. The van der Waals surface area contributed by atoms with Crippen LogP contribution in [0.2, 0.25) is 0 Å².